The van der Waals surface area contributed by atoms with Crippen molar-refractivity contribution in [2.45, 2.75) is 120 Å². The van der Waals surface area contributed by atoms with Crippen LogP contribution in [0.15, 0.2) is 255 Å². The lowest BCUT2D eigenvalue weighted by atomic mass is 9.97. The molecule has 0 saturated carbocycles. The third-order valence-electron chi connectivity index (χ3n) is 21.5. The minimum absolute atomic E-state index is 0.107. The highest BCUT2D eigenvalue weighted by molar-refractivity contribution is 5.84. The fraction of sp³-hybridized carbons (Fsp3) is 0.211. The normalized spacial score (nSPS) is 11.0. The first kappa shape index (κ1) is 108. The van der Waals surface area contributed by atoms with Crippen molar-refractivity contribution in [2.75, 3.05) is 39.6 Å². The van der Waals surface area contributed by atoms with Crippen molar-refractivity contribution < 1.29 is 125 Å². The van der Waals surface area contributed by atoms with Crippen LogP contribution in [0.3, 0.4) is 0 Å². The minimum atomic E-state index is -4.82. The topological polar surface area (TPSA) is 64.6 Å². The Kier molecular flexibility index (Phi) is 38.4. The van der Waals surface area contributed by atoms with Crippen LogP contribution in [0.2, 0.25) is 0 Å². The van der Waals surface area contributed by atoms with Crippen LogP contribution in [-0.4, -0.2) is 46.0 Å². The summed E-state index contributed by atoms with van der Waals surface area (Å²) in [6.07, 6.45) is 2.85. The summed E-state index contributed by atoms with van der Waals surface area (Å²) in [6.45, 7) is 22.3. The van der Waals surface area contributed by atoms with Gasteiger partial charge in [-0.05, 0) is 234 Å². The summed E-state index contributed by atoms with van der Waals surface area (Å²) in [5.41, 5.74) is 9.08. The zero-order chi connectivity index (χ0) is 103. The van der Waals surface area contributed by atoms with Crippen LogP contribution in [0, 0.1) is 119 Å². The largest absolute Gasteiger partial charge is 0.573 e. The maximum atomic E-state index is 14.5. The maximum absolute atomic E-state index is 14.5. The van der Waals surface area contributed by atoms with Crippen LogP contribution in [0.1, 0.15) is 110 Å². The molecule has 0 aliphatic rings. The molecule has 0 aromatic heterocycles. The number of rotatable bonds is 31. The molecule has 742 valence electrons. The average molecular weight is 1980 g/mol. The molecule has 0 radical (unpaired) electrons. The van der Waals surface area contributed by atoms with E-state index in [9.17, 15) is 92.2 Å². The van der Waals surface area contributed by atoms with E-state index in [1.54, 1.807) is 19.1 Å². The molecule has 15 rings (SSSR count). The van der Waals surface area contributed by atoms with Gasteiger partial charge in [0.05, 0.1) is 50.8 Å². The second-order valence-electron chi connectivity index (χ2n) is 32.5. The molecule has 0 atom stereocenters. The van der Waals surface area contributed by atoms with Gasteiger partial charge in [-0.15, -0.1) is 13.2 Å². The first-order chi connectivity index (χ1) is 67.9. The van der Waals surface area contributed by atoms with Crippen LogP contribution in [-0.2, 0) is 6.42 Å². The third kappa shape index (κ3) is 28.4. The van der Waals surface area contributed by atoms with E-state index in [2.05, 4.69) is 96.5 Å². The Bertz CT molecular complexity index is 6500. The van der Waals surface area contributed by atoms with Gasteiger partial charge in [0.15, 0.2) is 69.8 Å². The first-order valence-electron chi connectivity index (χ1n) is 45.5. The molecule has 28 heteroatoms. The summed E-state index contributed by atoms with van der Waals surface area (Å²) in [4.78, 5) is 0. The summed E-state index contributed by atoms with van der Waals surface area (Å²) in [7, 11) is 0. The zero-order valence-electron chi connectivity index (χ0n) is 78.4. The number of ether oxygens (including phenoxy) is 7. The van der Waals surface area contributed by atoms with Gasteiger partial charge in [0.2, 0.25) is 0 Å². The average Bonchev–Trinajstić information content (AvgIpc) is 0.780. The van der Waals surface area contributed by atoms with Gasteiger partial charge in [-0.25, -0.2) is 79.0 Å². The molecule has 7 nitrogen and oxygen atoms in total. The van der Waals surface area contributed by atoms with Gasteiger partial charge < -0.3 is 33.2 Å². The van der Waals surface area contributed by atoms with E-state index >= 15 is 0 Å². The molecular weight excluding hydrogens is 1880 g/mol. The lowest BCUT2D eigenvalue weighted by molar-refractivity contribution is -0.274. The molecule has 142 heavy (non-hydrogen) atoms. The van der Waals surface area contributed by atoms with Gasteiger partial charge >= 0.3 is 6.36 Å². The van der Waals surface area contributed by atoms with Crippen LogP contribution in [0.25, 0.3) is 111 Å². The van der Waals surface area contributed by atoms with E-state index in [0.29, 0.717) is 117 Å². The summed E-state index contributed by atoms with van der Waals surface area (Å²) in [5.74, 6) is -19.5. The minimum Gasteiger partial charge on any atom is -0.493 e. The quantitative estimate of drug-likeness (QED) is 0.0317. The maximum Gasteiger partial charge on any atom is 0.573 e. The van der Waals surface area contributed by atoms with Gasteiger partial charge in [-0.3, -0.25) is 0 Å². The Morgan fingerprint density at radius 1 is 0.197 bits per heavy atom. The van der Waals surface area contributed by atoms with Crippen molar-refractivity contribution in [3.63, 3.8) is 0 Å². The van der Waals surface area contributed by atoms with Crippen LogP contribution in [0.5, 0.6) is 40.2 Å². The molecule has 15 aromatic rings. The van der Waals surface area contributed by atoms with E-state index in [-0.39, 0.29) is 39.2 Å². The summed E-state index contributed by atoms with van der Waals surface area (Å²) < 4.78 is 321. The predicted octanol–water partition coefficient (Wildman–Crippen LogP) is 34.8. The van der Waals surface area contributed by atoms with Gasteiger partial charge in [-0.1, -0.05) is 194 Å². The van der Waals surface area contributed by atoms with Gasteiger partial charge in [0.1, 0.15) is 75.1 Å². The Balaban J connectivity index is 0.000000173. The van der Waals surface area contributed by atoms with Gasteiger partial charge in [-0.2, -0.15) is 0 Å². The van der Waals surface area contributed by atoms with Crippen molar-refractivity contribution in [1.82, 2.24) is 0 Å². The fourth-order valence-corrected chi connectivity index (χ4v) is 14.6. The second-order valence-corrected chi connectivity index (χ2v) is 32.5. The van der Waals surface area contributed by atoms with E-state index < -0.39 is 133 Å². The Labute approximate surface area is 808 Å². The fourth-order valence-electron chi connectivity index (χ4n) is 14.6. The number of benzene rings is 15. The number of alkyl halides is 3. The smallest absolute Gasteiger partial charge is 0.493 e. The zero-order valence-corrected chi connectivity index (χ0v) is 78.4. The highest BCUT2D eigenvalue weighted by Crippen LogP contribution is 2.48. The van der Waals surface area contributed by atoms with Crippen LogP contribution in [0.4, 0.5) is 92.2 Å². The van der Waals surface area contributed by atoms with Crippen molar-refractivity contribution >= 4 is 0 Å². The molecule has 0 amide bonds. The number of halogens is 21. The molecule has 0 N–H and O–H groups in total. The van der Waals surface area contributed by atoms with E-state index in [0.717, 1.165) is 155 Å². The Morgan fingerprint density at radius 2 is 0.444 bits per heavy atom. The summed E-state index contributed by atoms with van der Waals surface area (Å²) in [6, 6.07) is 60.6. The molecule has 0 aliphatic carbocycles. The molecule has 15 aromatic carbocycles. The monoisotopic (exact) mass is 1980 g/mol. The number of hydrogen-bond donors (Lipinski definition) is 0. The van der Waals surface area contributed by atoms with E-state index in [4.69, 9.17) is 28.4 Å². The van der Waals surface area contributed by atoms with Crippen LogP contribution >= 0.6 is 0 Å². The molecule has 0 bridgehead atoms. The van der Waals surface area contributed by atoms with Crippen molar-refractivity contribution in [1.29, 1.82) is 0 Å². The molecule has 0 heterocycles. The standard InChI is InChI=1S/C36H50O6.C22H21F.C19H9F7O.C19H11F5.C18H6F8/c1-7-17-37-29-23-31(39-19-9-3)35(32(24-29)40-20-10-4)27-13-15-28(16-14-27)36-33(41-21-11-5)25-30(38-18-8-2)26-34(36)42-22-12-6;1-3-4-17-7-11-19(12-8-17)21-14-13-20(15-22(21)23)18-9-5-16(2)6-10-18;20-15-7-11(10-1-4-13(5-2-10)27-19(24,25)26)3-6-14(15)12-8-16(21)18(23)17(22)9-12;1-10-2-4-13(15(20)6-10)11-3-5-14(16(21)7-11)12-8-17(22)19(24)18(23)9-12;19-11-6-10(8-3-15(23)18(26)16(24)4-8)12(20)5-9(11)7-1-13(21)17(25)14(22)2-7/h13-16,23-26H,7-12,17-22H2,1-6H3;5-15H,3-4H2,1-2H3;1-9H;2-9H,1H3;1-6H. The van der Waals surface area contributed by atoms with Crippen molar-refractivity contribution in [3.8, 4) is 152 Å². The molecule has 0 spiro atoms. The molecule has 0 unspecified atom stereocenters. The van der Waals surface area contributed by atoms with Gasteiger partial charge in [0.25, 0.3) is 0 Å². The second kappa shape index (κ2) is 50.5. The molecule has 0 saturated heterocycles. The summed E-state index contributed by atoms with van der Waals surface area (Å²) in [5, 5.41) is 0. The highest BCUT2D eigenvalue weighted by atomic mass is 19.4. The SMILES string of the molecule is CCCOc1cc(OCCC)c(-c2ccc(-c3c(OCCC)cc(OCCC)cc3OCCC)cc2)c(OCCC)c1.CCCc1ccc(-c2ccc(-c3ccc(C)cc3)cc2F)cc1.Cc1ccc(-c2ccc(-c3cc(F)c(F)c(F)c3)c(F)c2)c(F)c1.Fc1cc(-c2cc(F)c(F)c(F)c2)c(F)cc1-c1cc(F)c(F)c(F)c1.Fc1cc(-c2ccc(OC(F)(F)F)cc2)ccc1-c1cc(F)c(F)c(F)c1. The van der Waals surface area contributed by atoms with Crippen LogP contribution < -0.4 is 33.2 Å². The molecule has 0 aliphatic heterocycles. The predicted molar refractivity (Wildman–Crippen MR) is 511 cm³/mol. The third-order valence-corrected chi connectivity index (χ3v) is 21.5. The van der Waals surface area contributed by atoms with Crippen molar-refractivity contribution in [3.05, 3.63) is 376 Å². The van der Waals surface area contributed by atoms with E-state index in [1.807, 2.05) is 72.8 Å². The van der Waals surface area contributed by atoms with Crippen molar-refractivity contribution in [2.24, 2.45) is 0 Å². The first-order valence-corrected chi connectivity index (χ1v) is 45.5. The Hall–Kier alpha value is -14.6. The lowest BCUT2D eigenvalue weighted by Gasteiger charge is -2.20. The highest BCUT2D eigenvalue weighted by Gasteiger charge is 2.32. The number of aryl methyl sites for hydroxylation is 3. The molecular formula is C114H97F21O7. The Morgan fingerprint density at radius 3 is 0.761 bits per heavy atom. The van der Waals surface area contributed by atoms with Gasteiger partial charge in [0, 0.05) is 57.6 Å². The number of hydrogen-bond acceptors (Lipinski definition) is 7. The summed E-state index contributed by atoms with van der Waals surface area (Å²) >= 11 is 0. The lowest BCUT2D eigenvalue weighted by Crippen LogP contribution is -2.16. The van der Waals surface area contributed by atoms with E-state index in [1.165, 1.54) is 59.7 Å². The molecule has 0 fully saturated rings.